The number of nitrogens with zero attached hydrogens (tertiary/aromatic N) is 2. The second-order valence-corrected chi connectivity index (χ2v) is 10.2. The van der Waals surface area contributed by atoms with Crippen molar-refractivity contribution in [2.75, 3.05) is 0 Å². The Morgan fingerprint density at radius 3 is 1.42 bits per heavy atom. The molecule has 0 saturated carbocycles. The van der Waals surface area contributed by atoms with Crippen molar-refractivity contribution in [2.45, 2.75) is 6.16 Å². The predicted molar refractivity (Wildman–Crippen MR) is 109 cm³/mol. The van der Waals surface area contributed by atoms with Gasteiger partial charge in [-0.05, 0) is 36.4 Å². The van der Waals surface area contributed by atoms with Crippen LogP contribution in [0.5, 0.6) is 0 Å². The molecular formula is C21H18BrN2PS. The summed E-state index contributed by atoms with van der Waals surface area (Å²) in [5, 5.41) is 13.7. The minimum Gasteiger partial charge on any atom is -1.00 e. The maximum atomic E-state index is 4.37. The van der Waals surface area contributed by atoms with Crippen molar-refractivity contribution in [1.82, 2.24) is 10.2 Å². The summed E-state index contributed by atoms with van der Waals surface area (Å²) >= 11 is 1.64. The molecule has 3 aromatic carbocycles. The van der Waals surface area contributed by atoms with Crippen molar-refractivity contribution < 1.29 is 17.0 Å². The van der Waals surface area contributed by atoms with Crippen molar-refractivity contribution in [3.05, 3.63) is 102 Å². The summed E-state index contributed by atoms with van der Waals surface area (Å²) in [4.78, 5) is 0. The topological polar surface area (TPSA) is 25.8 Å². The maximum Gasteiger partial charge on any atom is 0.155 e. The van der Waals surface area contributed by atoms with Crippen LogP contribution in [0.15, 0.2) is 96.5 Å². The molecule has 0 amide bonds. The van der Waals surface area contributed by atoms with Crippen molar-refractivity contribution in [3.8, 4) is 0 Å². The van der Waals surface area contributed by atoms with E-state index in [0.717, 1.165) is 11.2 Å². The van der Waals surface area contributed by atoms with E-state index in [1.807, 2.05) is 5.51 Å². The number of hydrogen-bond acceptors (Lipinski definition) is 3. The first-order valence-electron chi connectivity index (χ1n) is 8.19. The molecule has 2 nitrogen and oxygen atoms in total. The lowest BCUT2D eigenvalue weighted by atomic mass is 10.4. The van der Waals surface area contributed by atoms with Crippen molar-refractivity contribution in [1.29, 1.82) is 0 Å². The highest BCUT2D eigenvalue weighted by molar-refractivity contribution is 7.95. The van der Waals surface area contributed by atoms with Crippen LogP contribution in [0, 0.1) is 0 Å². The number of benzene rings is 3. The Morgan fingerprint density at radius 1 is 0.654 bits per heavy atom. The summed E-state index contributed by atoms with van der Waals surface area (Å²) in [6, 6.07) is 32.6. The third-order valence-corrected chi connectivity index (χ3v) is 9.59. The average molecular weight is 441 g/mol. The Balaban J connectivity index is 0.00000196. The van der Waals surface area contributed by atoms with Crippen LogP contribution >= 0.6 is 18.6 Å². The first kappa shape index (κ1) is 18.9. The van der Waals surface area contributed by atoms with Crippen molar-refractivity contribution >= 4 is 34.5 Å². The first-order valence-corrected chi connectivity index (χ1v) is 11.0. The fraction of sp³-hybridized carbons (Fsp3) is 0.0476. The summed E-state index contributed by atoms with van der Waals surface area (Å²) in [5.74, 6) is 0. The molecule has 0 aliphatic heterocycles. The van der Waals surface area contributed by atoms with Gasteiger partial charge >= 0.3 is 0 Å². The van der Waals surface area contributed by atoms with E-state index in [4.69, 9.17) is 0 Å². The standard InChI is InChI=1S/C21H18N2PS.BrH/c1-4-10-18(11-5-1)24(16-21-23-22-17-25-21,19-12-6-2-7-13-19)20-14-8-3-9-15-20;/h1-15,17H,16H2;1H/q+1;/p-1. The lowest BCUT2D eigenvalue weighted by Crippen LogP contribution is -3.00. The summed E-state index contributed by atoms with van der Waals surface area (Å²) in [5.41, 5.74) is 1.82. The quantitative estimate of drug-likeness (QED) is 0.433. The van der Waals surface area contributed by atoms with Crippen molar-refractivity contribution in [3.63, 3.8) is 0 Å². The molecule has 0 unspecified atom stereocenters. The lowest BCUT2D eigenvalue weighted by Gasteiger charge is -2.26. The Kier molecular flexibility index (Phi) is 6.31. The largest absolute Gasteiger partial charge is 1.00 e. The highest BCUT2D eigenvalue weighted by atomic mass is 79.9. The number of halogens is 1. The molecule has 4 rings (SSSR count). The molecule has 0 aliphatic carbocycles. The highest BCUT2D eigenvalue weighted by Crippen LogP contribution is 2.58. The predicted octanol–water partition coefficient (Wildman–Crippen LogP) is 1.04. The van der Waals surface area contributed by atoms with E-state index in [9.17, 15) is 0 Å². The molecule has 0 saturated heterocycles. The minimum atomic E-state index is -1.83. The Hall–Kier alpha value is -1.87. The molecule has 1 aromatic heterocycles. The highest BCUT2D eigenvalue weighted by Gasteiger charge is 2.46. The summed E-state index contributed by atoms with van der Waals surface area (Å²) in [7, 11) is -1.83. The van der Waals surface area contributed by atoms with Crippen LogP contribution in [0.1, 0.15) is 5.01 Å². The van der Waals surface area contributed by atoms with E-state index >= 15 is 0 Å². The van der Waals surface area contributed by atoms with E-state index in [1.54, 1.807) is 11.3 Å². The summed E-state index contributed by atoms with van der Waals surface area (Å²) in [6.07, 6.45) is 0.899. The molecule has 4 aromatic rings. The van der Waals surface area contributed by atoms with Crippen LogP contribution < -0.4 is 32.9 Å². The zero-order valence-corrected chi connectivity index (χ0v) is 17.4. The third kappa shape index (κ3) is 3.64. The molecule has 0 aliphatic rings. The van der Waals surface area contributed by atoms with Crippen LogP contribution in [-0.2, 0) is 6.16 Å². The molecule has 0 N–H and O–H groups in total. The molecule has 0 bridgehead atoms. The first-order chi connectivity index (χ1) is 12.4. The molecule has 1 heterocycles. The van der Waals surface area contributed by atoms with Crippen LogP contribution in [0.3, 0.4) is 0 Å². The maximum absolute atomic E-state index is 4.37. The Bertz CT molecular complexity index is 820. The molecule has 0 spiro atoms. The Morgan fingerprint density at radius 2 is 1.08 bits per heavy atom. The minimum absolute atomic E-state index is 0. The lowest BCUT2D eigenvalue weighted by molar-refractivity contribution is -0.00000488. The second kappa shape index (κ2) is 8.68. The van der Waals surface area contributed by atoms with Crippen LogP contribution in [0.4, 0.5) is 0 Å². The summed E-state index contributed by atoms with van der Waals surface area (Å²) < 4.78 is 0. The number of rotatable bonds is 5. The Labute approximate surface area is 169 Å². The van der Waals surface area contributed by atoms with Crippen LogP contribution in [0.2, 0.25) is 0 Å². The van der Waals surface area contributed by atoms with E-state index in [-0.39, 0.29) is 17.0 Å². The molecule has 5 heteroatoms. The van der Waals surface area contributed by atoms with E-state index in [2.05, 4.69) is 101 Å². The van der Waals surface area contributed by atoms with E-state index in [1.165, 1.54) is 15.9 Å². The molecule has 0 atom stereocenters. The van der Waals surface area contributed by atoms with Gasteiger partial charge in [-0.2, -0.15) is 0 Å². The molecule has 0 radical (unpaired) electrons. The van der Waals surface area contributed by atoms with Gasteiger partial charge in [0.15, 0.2) is 5.01 Å². The van der Waals surface area contributed by atoms with Gasteiger partial charge in [0.2, 0.25) is 0 Å². The second-order valence-electron chi connectivity index (χ2n) is 5.81. The smallest absolute Gasteiger partial charge is 0.155 e. The molecular weight excluding hydrogens is 423 g/mol. The molecule has 26 heavy (non-hydrogen) atoms. The van der Waals surface area contributed by atoms with Gasteiger partial charge < -0.3 is 17.0 Å². The van der Waals surface area contributed by atoms with Gasteiger partial charge in [0.1, 0.15) is 34.8 Å². The monoisotopic (exact) mass is 440 g/mol. The van der Waals surface area contributed by atoms with Crippen LogP contribution in [-0.4, -0.2) is 10.2 Å². The van der Waals surface area contributed by atoms with E-state index < -0.39 is 7.26 Å². The van der Waals surface area contributed by atoms with Crippen LogP contribution in [0.25, 0.3) is 0 Å². The molecule has 0 fully saturated rings. The van der Waals surface area contributed by atoms with Gasteiger partial charge in [-0.15, -0.1) is 21.5 Å². The SMILES string of the molecule is [Br-].c1ccc([P+](Cc2nncs2)(c2ccccc2)c2ccccc2)cc1. The zero-order chi connectivity index (χ0) is 17.0. The van der Waals surface area contributed by atoms with Gasteiger partial charge in [-0.1, -0.05) is 54.6 Å². The normalized spacial score (nSPS) is 10.9. The van der Waals surface area contributed by atoms with Crippen molar-refractivity contribution in [2.24, 2.45) is 0 Å². The van der Waals surface area contributed by atoms with Gasteiger partial charge in [-0.3, -0.25) is 0 Å². The number of hydrogen-bond donors (Lipinski definition) is 0. The fourth-order valence-corrected chi connectivity index (χ4v) is 8.38. The van der Waals surface area contributed by atoms with Gasteiger partial charge in [-0.25, -0.2) is 0 Å². The van der Waals surface area contributed by atoms with Gasteiger partial charge in [0, 0.05) is 0 Å². The average Bonchev–Trinajstić information content (AvgIpc) is 3.21. The third-order valence-electron chi connectivity index (χ3n) is 4.37. The number of aromatic nitrogens is 2. The van der Waals surface area contributed by atoms with E-state index in [0.29, 0.717) is 0 Å². The summed E-state index contributed by atoms with van der Waals surface area (Å²) in [6.45, 7) is 0. The van der Waals surface area contributed by atoms with Gasteiger partial charge in [0.05, 0.1) is 0 Å². The zero-order valence-electron chi connectivity index (χ0n) is 14.1. The fourth-order valence-electron chi connectivity index (χ4n) is 3.24. The van der Waals surface area contributed by atoms with Gasteiger partial charge in [0.25, 0.3) is 0 Å². The molecule has 130 valence electrons.